The van der Waals surface area contributed by atoms with Crippen molar-refractivity contribution in [1.29, 1.82) is 0 Å². The van der Waals surface area contributed by atoms with Crippen LogP contribution in [0.15, 0.2) is 170 Å². The molecule has 5 heteroatoms. The quantitative estimate of drug-likeness (QED) is 0.185. The van der Waals surface area contributed by atoms with E-state index in [4.69, 9.17) is 9.97 Å². The first kappa shape index (κ1) is 28.6. The van der Waals surface area contributed by atoms with E-state index in [1.807, 2.05) is 47.7 Å². The van der Waals surface area contributed by atoms with E-state index in [0.29, 0.717) is 11.6 Å². The normalized spacial score (nSPS) is 11.6. The molecule has 0 bridgehead atoms. The van der Waals surface area contributed by atoms with Gasteiger partial charge in [-0.05, 0) is 64.7 Å². The van der Waals surface area contributed by atoms with Crippen LogP contribution in [0.3, 0.4) is 0 Å². The van der Waals surface area contributed by atoms with Crippen LogP contribution in [0.5, 0.6) is 0 Å². The summed E-state index contributed by atoms with van der Waals surface area (Å²) < 4.78 is 4.90. The molecule has 0 unspecified atom stereocenters. The second-order valence-corrected chi connectivity index (χ2v) is 13.5. The lowest BCUT2D eigenvalue weighted by atomic mass is 9.92. The summed E-state index contributed by atoms with van der Waals surface area (Å²) >= 11 is 1.85. The van der Waals surface area contributed by atoms with Crippen molar-refractivity contribution in [1.82, 2.24) is 19.5 Å². The van der Waals surface area contributed by atoms with E-state index >= 15 is 0 Å². The molecule has 0 atom stereocenters. The van der Waals surface area contributed by atoms with E-state index in [9.17, 15) is 0 Å². The van der Waals surface area contributed by atoms with Gasteiger partial charge in [-0.15, -0.1) is 11.3 Å². The molecule has 7 aromatic carbocycles. The molecule has 0 saturated carbocycles. The molecule has 0 saturated heterocycles. The topological polar surface area (TPSA) is 43.6 Å². The maximum absolute atomic E-state index is 5.05. The van der Waals surface area contributed by atoms with Crippen molar-refractivity contribution in [2.45, 2.75) is 0 Å². The fourth-order valence-electron chi connectivity index (χ4n) is 7.29. The van der Waals surface area contributed by atoms with Gasteiger partial charge in [0.1, 0.15) is 6.33 Å². The molecule has 3 heterocycles. The van der Waals surface area contributed by atoms with Gasteiger partial charge in [-0.3, -0.25) is 0 Å². The molecule has 0 spiro atoms. The van der Waals surface area contributed by atoms with Crippen molar-refractivity contribution in [2.75, 3.05) is 0 Å². The van der Waals surface area contributed by atoms with Gasteiger partial charge in [0.25, 0.3) is 0 Å². The van der Waals surface area contributed by atoms with Gasteiger partial charge in [0.15, 0.2) is 11.6 Å². The largest absolute Gasteiger partial charge is 0.309 e. The second kappa shape index (κ2) is 11.6. The van der Waals surface area contributed by atoms with Gasteiger partial charge >= 0.3 is 0 Å². The fourth-order valence-corrected chi connectivity index (χ4v) is 8.44. The lowest BCUT2D eigenvalue weighted by Crippen LogP contribution is -1.97. The Morgan fingerprint density at radius 3 is 1.96 bits per heavy atom. The minimum atomic E-state index is 0.650. The van der Waals surface area contributed by atoms with Gasteiger partial charge in [0.05, 0.1) is 11.0 Å². The van der Waals surface area contributed by atoms with Gasteiger partial charge in [-0.25, -0.2) is 15.0 Å². The number of thiophene rings is 1. The van der Waals surface area contributed by atoms with E-state index in [1.165, 1.54) is 42.0 Å². The zero-order valence-electron chi connectivity index (χ0n) is 26.9. The van der Waals surface area contributed by atoms with Gasteiger partial charge < -0.3 is 4.57 Å². The van der Waals surface area contributed by atoms with Crippen LogP contribution < -0.4 is 0 Å². The summed E-state index contributed by atoms with van der Waals surface area (Å²) in [5.41, 5.74) is 10.0. The molecule has 10 rings (SSSR count). The van der Waals surface area contributed by atoms with Crippen molar-refractivity contribution in [3.63, 3.8) is 0 Å². The highest BCUT2D eigenvalue weighted by atomic mass is 32.1. The molecular weight excluding hydrogens is 629 g/mol. The summed E-state index contributed by atoms with van der Waals surface area (Å²) in [6.07, 6.45) is 1.63. The van der Waals surface area contributed by atoms with Crippen molar-refractivity contribution >= 4 is 53.3 Å². The number of benzene rings is 7. The number of hydrogen-bond acceptors (Lipinski definition) is 4. The number of para-hydroxylation sites is 2. The minimum Gasteiger partial charge on any atom is -0.309 e. The Labute approximate surface area is 292 Å². The van der Waals surface area contributed by atoms with E-state index in [1.54, 1.807) is 6.33 Å². The fraction of sp³-hybridized carbons (Fsp3) is 0. The number of fused-ring (bicyclic) bond motifs is 6. The molecular formula is C45H28N4S. The van der Waals surface area contributed by atoms with Gasteiger partial charge in [0, 0.05) is 47.8 Å². The Morgan fingerprint density at radius 2 is 1.14 bits per heavy atom. The lowest BCUT2D eigenvalue weighted by molar-refractivity contribution is 1.07. The predicted molar refractivity (Wildman–Crippen MR) is 209 cm³/mol. The molecule has 3 aromatic heterocycles. The Hall–Kier alpha value is -6.43. The van der Waals surface area contributed by atoms with Crippen molar-refractivity contribution < 1.29 is 0 Å². The minimum absolute atomic E-state index is 0.650. The Bertz CT molecular complexity index is 2860. The SMILES string of the molecule is c1ccc(-c2ccc(-c3cccc4sc5cc6c(cc5c34)c3ccccc3n6-c3ccccc3)c(-c3ncnc(-c4ccccc4)n3)c2)cc1. The molecule has 0 N–H and O–H groups in total. The Balaban J connectivity index is 1.24. The zero-order valence-corrected chi connectivity index (χ0v) is 27.7. The molecule has 234 valence electrons. The molecule has 0 aliphatic rings. The molecule has 4 nitrogen and oxygen atoms in total. The summed E-state index contributed by atoms with van der Waals surface area (Å²) in [4.78, 5) is 14.4. The third-order valence-electron chi connectivity index (χ3n) is 9.57. The first-order valence-electron chi connectivity index (χ1n) is 16.7. The molecule has 0 aliphatic heterocycles. The molecule has 0 fully saturated rings. The lowest BCUT2D eigenvalue weighted by Gasteiger charge is -2.14. The monoisotopic (exact) mass is 656 g/mol. The van der Waals surface area contributed by atoms with Crippen LogP contribution in [0, 0.1) is 0 Å². The summed E-state index contributed by atoms with van der Waals surface area (Å²) in [6, 6.07) is 58.1. The van der Waals surface area contributed by atoms with Crippen LogP contribution in [0.25, 0.3) is 92.7 Å². The van der Waals surface area contributed by atoms with Crippen molar-refractivity contribution in [2.24, 2.45) is 0 Å². The van der Waals surface area contributed by atoms with Crippen LogP contribution in [-0.2, 0) is 0 Å². The summed E-state index contributed by atoms with van der Waals surface area (Å²) in [5, 5.41) is 4.99. The Morgan fingerprint density at radius 1 is 0.420 bits per heavy atom. The first-order valence-corrected chi connectivity index (χ1v) is 17.5. The van der Waals surface area contributed by atoms with Gasteiger partial charge in [-0.2, -0.15) is 0 Å². The van der Waals surface area contributed by atoms with E-state index in [0.717, 1.165) is 39.1 Å². The third-order valence-corrected chi connectivity index (χ3v) is 10.7. The smallest absolute Gasteiger partial charge is 0.164 e. The van der Waals surface area contributed by atoms with Crippen LogP contribution in [0.4, 0.5) is 0 Å². The molecule has 0 aliphatic carbocycles. The maximum atomic E-state index is 5.05. The average Bonchev–Trinajstić information content (AvgIpc) is 3.72. The first-order chi connectivity index (χ1) is 24.8. The number of hydrogen-bond donors (Lipinski definition) is 0. The van der Waals surface area contributed by atoms with Gasteiger partial charge in [-0.1, -0.05) is 121 Å². The molecule has 0 amide bonds. The highest BCUT2D eigenvalue weighted by molar-refractivity contribution is 7.26. The Kier molecular flexibility index (Phi) is 6.64. The van der Waals surface area contributed by atoms with Gasteiger partial charge in [0.2, 0.25) is 0 Å². The summed E-state index contributed by atoms with van der Waals surface area (Å²) in [7, 11) is 0. The van der Waals surface area contributed by atoms with Crippen LogP contribution in [-0.4, -0.2) is 19.5 Å². The highest BCUT2D eigenvalue weighted by Crippen LogP contribution is 2.46. The van der Waals surface area contributed by atoms with E-state index in [2.05, 4.69) is 137 Å². The molecule has 10 aromatic rings. The van der Waals surface area contributed by atoms with Crippen molar-refractivity contribution in [3.05, 3.63) is 170 Å². The standard InChI is InChI=1S/C45H28N4S/c1-4-13-29(14-5-1)31-23-24-33(37(25-31)45-47-28-46-44(48-45)30-15-6-2-7-16-30)35-20-12-22-41-43(35)38-26-36-34-19-10-11-21-39(34)49(32-17-8-3-9-18-32)40(36)27-42(38)50-41/h1-28H. The summed E-state index contributed by atoms with van der Waals surface area (Å²) in [5.74, 6) is 1.31. The van der Waals surface area contributed by atoms with Crippen molar-refractivity contribution in [3.8, 4) is 50.7 Å². The molecule has 50 heavy (non-hydrogen) atoms. The second-order valence-electron chi connectivity index (χ2n) is 12.5. The molecule has 0 radical (unpaired) electrons. The number of aromatic nitrogens is 4. The number of nitrogens with zero attached hydrogens (tertiary/aromatic N) is 4. The summed E-state index contributed by atoms with van der Waals surface area (Å²) in [6.45, 7) is 0. The maximum Gasteiger partial charge on any atom is 0.164 e. The highest BCUT2D eigenvalue weighted by Gasteiger charge is 2.20. The average molecular weight is 657 g/mol. The zero-order chi connectivity index (χ0) is 33.0. The van der Waals surface area contributed by atoms with Crippen LogP contribution in [0.2, 0.25) is 0 Å². The van der Waals surface area contributed by atoms with E-state index in [-0.39, 0.29) is 0 Å². The predicted octanol–water partition coefficient (Wildman–Crippen LogP) is 12.0. The van der Waals surface area contributed by atoms with Crippen LogP contribution in [0.1, 0.15) is 0 Å². The van der Waals surface area contributed by atoms with E-state index < -0.39 is 0 Å². The third kappa shape index (κ3) is 4.63. The number of rotatable bonds is 5. The van der Waals surface area contributed by atoms with Crippen LogP contribution >= 0.6 is 11.3 Å².